The quantitative estimate of drug-likeness (QED) is 0.849. The molecule has 0 fully saturated rings. The predicted molar refractivity (Wildman–Crippen MR) is 57.1 cm³/mol. The first-order chi connectivity index (χ1) is 7.72. The van der Waals surface area contributed by atoms with Crippen molar-refractivity contribution in [3.8, 4) is 11.4 Å². The molecule has 0 saturated heterocycles. The van der Waals surface area contributed by atoms with Crippen molar-refractivity contribution in [3.05, 3.63) is 42.2 Å². The number of carboxylic acids is 1. The minimum absolute atomic E-state index is 0.00547. The zero-order chi connectivity index (χ0) is 11.5. The van der Waals surface area contributed by atoms with Gasteiger partial charge < -0.3 is 9.84 Å². The number of carboxylic acid groups (broad SMARTS) is 1. The van der Waals surface area contributed by atoms with Gasteiger partial charge in [0.05, 0.1) is 7.11 Å². The molecule has 0 aliphatic heterocycles. The van der Waals surface area contributed by atoms with Gasteiger partial charge in [-0.1, -0.05) is 12.1 Å². The van der Waals surface area contributed by atoms with Crippen molar-refractivity contribution >= 4 is 5.97 Å². The van der Waals surface area contributed by atoms with E-state index in [1.165, 1.54) is 10.7 Å². The molecule has 0 amide bonds. The second-order valence-electron chi connectivity index (χ2n) is 3.12. The summed E-state index contributed by atoms with van der Waals surface area (Å²) in [5, 5.41) is 12.7. The maximum absolute atomic E-state index is 10.7. The lowest BCUT2D eigenvalue weighted by Crippen LogP contribution is -2.02. The van der Waals surface area contributed by atoms with Crippen molar-refractivity contribution < 1.29 is 14.6 Å². The highest BCUT2D eigenvalue weighted by Crippen LogP contribution is 2.21. The molecule has 0 radical (unpaired) electrons. The van der Waals surface area contributed by atoms with Crippen molar-refractivity contribution in [1.29, 1.82) is 0 Å². The van der Waals surface area contributed by atoms with Crippen LogP contribution < -0.4 is 4.74 Å². The van der Waals surface area contributed by atoms with Crippen molar-refractivity contribution in [2.75, 3.05) is 7.11 Å². The van der Waals surface area contributed by atoms with E-state index in [1.54, 1.807) is 25.4 Å². The summed E-state index contributed by atoms with van der Waals surface area (Å²) in [7, 11) is 1.56. The van der Waals surface area contributed by atoms with Crippen molar-refractivity contribution in [1.82, 2.24) is 9.78 Å². The first-order valence-corrected chi connectivity index (χ1v) is 4.64. The zero-order valence-corrected chi connectivity index (χ0v) is 8.62. The van der Waals surface area contributed by atoms with Crippen molar-refractivity contribution in [2.45, 2.75) is 0 Å². The molecule has 0 aliphatic rings. The summed E-state index contributed by atoms with van der Waals surface area (Å²) < 4.78 is 6.64. The number of aromatic nitrogens is 2. The number of hydrogen-bond acceptors (Lipinski definition) is 3. The SMILES string of the molecule is COc1ccccc1-n1ccc(C(=O)O)n1. The Morgan fingerprint density at radius 2 is 2.12 bits per heavy atom. The lowest BCUT2D eigenvalue weighted by molar-refractivity contribution is 0.0690. The van der Waals surface area contributed by atoms with E-state index in [9.17, 15) is 4.79 Å². The topological polar surface area (TPSA) is 64.3 Å². The van der Waals surface area contributed by atoms with Crippen LogP contribution in [-0.2, 0) is 0 Å². The van der Waals surface area contributed by atoms with E-state index in [4.69, 9.17) is 9.84 Å². The Labute approximate surface area is 91.9 Å². The molecular formula is C11H10N2O3. The molecule has 5 nitrogen and oxygen atoms in total. The molecule has 1 N–H and O–H groups in total. The number of aromatic carboxylic acids is 1. The van der Waals surface area contributed by atoms with E-state index in [0.29, 0.717) is 11.4 Å². The molecule has 5 heteroatoms. The number of rotatable bonds is 3. The Morgan fingerprint density at radius 1 is 1.38 bits per heavy atom. The third kappa shape index (κ3) is 1.75. The van der Waals surface area contributed by atoms with Crippen LogP contribution >= 0.6 is 0 Å². The summed E-state index contributed by atoms with van der Waals surface area (Å²) in [5.74, 6) is -0.406. The van der Waals surface area contributed by atoms with Gasteiger partial charge in [0, 0.05) is 6.20 Å². The summed E-state index contributed by atoms with van der Waals surface area (Å²) in [5.41, 5.74) is 0.711. The molecule has 0 spiro atoms. The van der Waals surface area contributed by atoms with Crippen LogP contribution in [0.2, 0.25) is 0 Å². The van der Waals surface area contributed by atoms with Gasteiger partial charge in [-0.05, 0) is 18.2 Å². The fourth-order valence-electron chi connectivity index (χ4n) is 1.39. The molecule has 2 rings (SSSR count). The standard InChI is InChI=1S/C11H10N2O3/c1-16-10-5-3-2-4-9(10)13-7-6-8(12-13)11(14)15/h2-7H,1H3,(H,14,15). The highest BCUT2D eigenvalue weighted by atomic mass is 16.5. The maximum atomic E-state index is 10.7. The summed E-state index contributed by atoms with van der Waals surface area (Å²) in [6, 6.07) is 8.70. The van der Waals surface area contributed by atoms with Gasteiger partial charge in [0.2, 0.25) is 0 Å². The molecule has 1 aromatic heterocycles. The van der Waals surface area contributed by atoms with Crippen LogP contribution in [0.25, 0.3) is 5.69 Å². The van der Waals surface area contributed by atoms with Gasteiger partial charge in [-0.25, -0.2) is 9.48 Å². The molecule has 0 atom stereocenters. The summed E-state index contributed by atoms with van der Waals surface area (Å²) in [6.45, 7) is 0. The second kappa shape index (κ2) is 4.06. The lowest BCUT2D eigenvalue weighted by Gasteiger charge is -2.07. The number of hydrogen-bond donors (Lipinski definition) is 1. The summed E-state index contributed by atoms with van der Waals surface area (Å²) in [4.78, 5) is 10.7. The fourth-order valence-corrected chi connectivity index (χ4v) is 1.39. The molecule has 1 heterocycles. The fraction of sp³-hybridized carbons (Fsp3) is 0.0909. The van der Waals surface area contributed by atoms with Crippen molar-refractivity contribution in [2.24, 2.45) is 0 Å². The van der Waals surface area contributed by atoms with E-state index in [0.717, 1.165) is 0 Å². The average molecular weight is 218 g/mol. The van der Waals surface area contributed by atoms with Crippen LogP contribution in [0.3, 0.4) is 0 Å². The Morgan fingerprint density at radius 3 is 2.75 bits per heavy atom. The Balaban J connectivity index is 2.46. The average Bonchev–Trinajstić information content (AvgIpc) is 2.78. The predicted octanol–water partition coefficient (Wildman–Crippen LogP) is 1.58. The number of ether oxygens (including phenoxy) is 1. The minimum atomic E-state index is -1.05. The Hall–Kier alpha value is -2.30. The maximum Gasteiger partial charge on any atom is 0.356 e. The van der Waals surface area contributed by atoms with Gasteiger partial charge in [0.25, 0.3) is 0 Å². The minimum Gasteiger partial charge on any atom is -0.494 e. The van der Waals surface area contributed by atoms with Crippen LogP contribution in [0, 0.1) is 0 Å². The molecule has 82 valence electrons. The highest BCUT2D eigenvalue weighted by molar-refractivity contribution is 5.85. The molecule has 0 unspecified atom stereocenters. The number of para-hydroxylation sites is 2. The number of nitrogens with zero attached hydrogens (tertiary/aromatic N) is 2. The van der Waals surface area contributed by atoms with E-state index >= 15 is 0 Å². The van der Waals surface area contributed by atoms with Gasteiger partial charge in [-0.15, -0.1) is 0 Å². The monoisotopic (exact) mass is 218 g/mol. The first kappa shape index (κ1) is 10.2. The molecule has 2 aromatic rings. The summed E-state index contributed by atoms with van der Waals surface area (Å²) in [6.07, 6.45) is 1.58. The van der Waals surface area contributed by atoms with Gasteiger partial charge in [0.1, 0.15) is 11.4 Å². The van der Waals surface area contributed by atoms with Crippen LogP contribution in [-0.4, -0.2) is 28.0 Å². The zero-order valence-electron chi connectivity index (χ0n) is 8.62. The van der Waals surface area contributed by atoms with Crippen LogP contribution in [0.4, 0.5) is 0 Å². The molecule has 0 saturated carbocycles. The number of benzene rings is 1. The highest BCUT2D eigenvalue weighted by Gasteiger charge is 2.10. The van der Waals surface area contributed by atoms with E-state index in [1.807, 2.05) is 12.1 Å². The molecular weight excluding hydrogens is 208 g/mol. The van der Waals surface area contributed by atoms with E-state index < -0.39 is 5.97 Å². The Bertz CT molecular complexity index is 519. The van der Waals surface area contributed by atoms with E-state index in [2.05, 4.69) is 5.10 Å². The largest absolute Gasteiger partial charge is 0.494 e. The second-order valence-corrected chi connectivity index (χ2v) is 3.12. The van der Waals surface area contributed by atoms with Gasteiger partial charge in [-0.2, -0.15) is 5.10 Å². The van der Waals surface area contributed by atoms with Crippen LogP contribution in [0.5, 0.6) is 5.75 Å². The van der Waals surface area contributed by atoms with Crippen molar-refractivity contribution in [3.63, 3.8) is 0 Å². The normalized spacial score (nSPS) is 10.1. The summed E-state index contributed by atoms with van der Waals surface area (Å²) >= 11 is 0. The number of methoxy groups -OCH3 is 1. The molecule has 16 heavy (non-hydrogen) atoms. The van der Waals surface area contributed by atoms with E-state index in [-0.39, 0.29) is 5.69 Å². The molecule has 0 bridgehead atoms. The Kier molecular flexibility index (Phi) is 2.59. The third-order valence-electron chi connectivity index (χ3n) is 2.14. The van der Waals surface area contributed by atoms with Gasteiger partial charge in [-0.3, -0.25) is 0 Å². The smallest absolute Gasteiger partial charge is 0.356 e. The first-order valence-electron chi connectivity index (χ1n) is 4.64. The third-order valence-corrected chi connectivity index (χ3v) is 2.14. The lowest BCUT2D eigenvalue weighted by atomic mass is 10.3. The number of carbonyl (C=O) groups is 1. The van der Waals surface area contributed by atoms with Gasteiger partial charge in [0.15, 0.2) is 5.69 Å². The molecule has 0 aliphatic carbocycles. The van der Waals surface area contributed by atoms with Crippen LogP contribution in [0.15, 0.2) is 36.5 Å². The van der Waals surface area contributed by atoms with Gasteiger partial charge >= 0.3 is 5.97 Å². The van der Waals surface area contributed by atoms with Crippen LogP contribution in [0.1, 0.15) is 10.5 Å². The molecule has 1 aromatic carbocycles.